The molecule has 2 aromatic rings. The van der Waals surface area contributed by atoms with E-state index in [4.69, 9.17) is 4.52 Å². The largest absolute Gasteiger partial charge is 0.339 e. The number of rotatable bonds is 4. The molecule has 0 amide bonds. The van der Waals surface area contributed by atoms with Gasteiger partial charge in [-0.05, 0) is 44.1 Å². The fraction of sp³-hybridized carbons (Fsp3) is 0.467. The van der Waals surface area contributed by atoms with Crippen molar-refractivity contribution in [1.82, 2.24) is 15.5 Å². The van der Waals surface area contributed by atoms with Crippen molar-refractivity contribution in [3.8, 4) is 0 Å². The molecule has 112 valence electrons. The van der Waals surface area contributed by atoms with Crippen LogP contribution in [0.1, 0.15) is 31.5 Å². The Hall–Kier alpha value is -1.40. The van der Waals surface area contributed by atoms with E-state index in [0.717, 1.165) is 36.7 Å². The third-order valence-electron chi connectivity index (χ3n) is 3.86. The third kappa shape index (κ3) is 3.44. The highest BCUT2D eigenvalue weighted by Gasteiger charge is 2.34. The smallest absolute Gasteiger partial charge is 0.232 e. The van der Waals surface area contributed by atoms with E-state index in [9.17, 15) is 4.39 Å². The molecule has 0 aliphatic carbocycles. The van der Waals surface area contributed by atoms with Crippen LogP contribution in [0, 0.1) is 5.82 Å². The molecule has 21 heavy (non-hydrogen) atoms. The summed E-state index contributed by atoms with van der Waals surface area (Å²) in [5.74, 6) is 1.75. The molecule has 1 N–H and O–H groups in total. The van der Waals surface area contributed by atoms with E-state index in [1.54, 1.807) is 6.07 Å². The molecule has 6 heteroatoms. The predicted molar refractivity (Wildman–Crippen MR) is 79.7 cm³/mol. The van der Waals surface area contributed by atoms with Gasteiger partial charge in [-0.2, -0.15) is 4.98 Å². The normalized spacial score (nSPS) is 17.8. The highest BCUT2D eigenvalue weighted by atomic mass is 32.2. The van der Waals surface area contributed by atoms with Crippen LogP contribution in [0.2, 0.25) is 0 Å². The van der Waals surface area contributed by atoms with Crippen LogP contribution in [0.5, 0.6) is 0 Å². The quantitative estimate of drug-likeness (QED) is 0.879. The van der Waals surface area contributed by atoms with Crippen molar-refractivity contribution in [2.24, 2.45) is 0 Å². The van der Waals surface area contributed by atoms with Crippen molar-refractivity contribution in [3.05, 3.63) is 41.8 Å². The Labute approximate surface area is 127 Å². The molecule has 0 radical (unpaired) electrons. The summed E-state index contributed by atoms with van der Waals surface area (Å²) in [4.78, 5) is 5.39. The Morgan fingerprint density at radius 3 is 2.95 bits per heavy atom. The molecular weight excluding hydrogens is 289 g/mol. The Balaban J connectivity index is 1.65. The number of halogens is 1. The Morgan fingerprint density at radius 2 is 2.19 bits per heavy atom. The standard InChI is InChI=1S/C15H18FN3OS/c1-15(5-7-17-8-6-15)14-18-13(19-20-14)10-21-12-4-2-3-11(16)9-12/h2-4,9,17H,5-8,10H2,1H3. The third-order valence-corrected chi connectivity index (χ3v) is 4.85. The van der Waals surface area contributed by atoms with E-state index in [-0.39, 0.29) is 11.2 Å². The van der Waals surface area contributed by atoms with Crippen molar-refractivity contribution in [2.75, 3.05) is 13.1 Å². The zero-order valence-corrected chi connectivity index (χ0v) is 12.8. The summed E-state index contributed by atoms with van der Waals surface area (Å²) < 4.78 is 18.6. The van der Waals surface area contributed by atoms with Crippen molar-refractivity contribution >= 4 is 11.8 Å². The van der Waals surface area contributed by atoms with Crippen molar-refractivity contribution in [3.63, 3.8) is 0 Å². The molecule has 3 rings (SSSR count). The van der Waals surface area contributed by atoms with Gasteiger partial charge in [0.05, 0.1) is 5.75 Å². The number of thioether (sulfide) groups is 1. The van der Waals surface area contributed by atoms with Gasteiger partial charge in [-0.25, -0.2) is 4.39 Å². The number of nitrogens with zero attached hydrogens (tertiary/aromatic N) is 2. The van der Waals surface area contributed by atoms with Crippen LogP contribution in [-0.4, -0.2) is 23.2 Å². The van der Waals surface area contributed by atoms with Gasteiger partial charge in [0, 0.05) is 10.3 Å². The number of piperidine rings is 1. The van der Waals surface area contributed by atoms with Gasteiger partial charge in [-0.1, -0.05) is 18.1 Å². The summed E-state index contributed by atoms with van der Waals surface area (Å²) in [7, 11) is 0. The second-order valence-electron chi connectivity index (χ2n) is 5.57. The van der Waals surface area contributed by atoms with Crippen LogP contribution in [0.4, 0.5) is 4.39 Å². The average Bonchev–Trinajstić information content (AvgIpc) is 2.96. The van der Waals surface area contributed by atoms with E-state index in [2.05, 4.69) is 22.4 Å². The predicted octanol–water partition coefficient (Wildman–Crippen LogP) is 3.14. The first-order valence-corrected chi connectivity index (χ1v) is 8.06. The van der Waals surface area contributed by atoms with E-state index in [0.29, 0.717) is 11.6 Å². The lowest BCUT2D eigenvalue weighted by Crippen LogP contribution is -2.37. The monoisotopic (exact) mass is 307 g/mol. The summed E-state index contributed by atoms with van der Waals surface area (Å²) in [6.07, 6.45) is 2.01. The minimum atomic E-state index is -0.226. The number of benzene rings is 1. The fourth-order valence-electron chi connectivity index (χ4n) is 2.45. The average molecular weight is 307 g/mol. The van der Waals surface area contributed by atoms with Gasteiger partial charge < -0.3 is 9.84 Å². The molecule has 2 heterocycles. The molecule has 1 saturated heterocycles. The highest BCUT2D eigenvalue weighted by molar-refractivity contribution is 7.98. The first-order valence-electron chi connectivity index (χ1n) is 7.08. The summed E-state index contributed by atoms with van der Waals surface area (Å²) in [5.41, 5.74) is -0.0278. The lowest BCUT2D eigenvalue weighted by Gasteiger charge is -2.30. The second kappa shape index (κ2) is 6.15. The van der Waals surface area contributed by atoms with Gasteiger partial charge >= 0.3 is 0 Å². The Bertz CT molecular complexity index is 610. The zero-order valence-electron chi connectivity index (χ0n) is 11.9. The maximum Gasteiger partial charge on any atom is 0.232 e. The van der Waals surface area contributed by atoms with Crippen molar-refractivity contribution in [2.45, 2.75) is 35.8 Å². The number of nitrogens with one attached hydrogen (secondary N) is 1. The Kier molecular flexibility index (Phi) is 4.26. The molecule has 0 unspecified atom stereocenters. The molecular formula is C15H18FN3OS. The number of aromatic nitrogens is 2. The maximum absolute atomic E-state index is 13.1. The maximum atomic E-state index is 13.1. The molecule has 0 bridgehead atoms. The van der Waals surface area contributed by atoms with E-state index < -0.39 is 0 Å². The first-order chi connectivity index (χ1) is 10.2. The fourth-order valence-corrected chi connectivity index (χ4v) is 3.24. The van der Waals surface area contributed by atoms with Gasteiger partial charge in [0.2, 0.25) is 5.89 Å². The van der Waals surface area contributed by atoms with Gasteiger partial charge in [-0.3, -0.25) is 0 Å². The van der Waals surface area contributed by atoms with Crippen LogP contribution in [-0.2, 0) is 11.2 Å². The van der Waals surface area contributed by atoms with E-state index >= 15 is 0 Å². The molecule has 4 nitrogen and oxygen atoms in total. The van der Waals surface area contributed by atoms with Gasteiger partial charge in [-0.15, -0.1) is 11.8 Å². The molecule has 1 fully saturated rings. The highest BCUT2D eigenvalue weighted by Crippen LogP contribution is 2.32. The van der Waals surface area contributed by atoms with Crippen LogP contribution in [0.3, 0.4) is 0 Å². The summed E-state index contributed by atoms with van der Waals surface area (Å²) in [6, 6.07) is 6.53. The van der Waals surface area contributed by atoms with Gasteiger partial charge in [0.25, 0.3) is 0 Å². The van der Waals surface area contributed by atoms with Crippen molar-refractivity contribution in [1.29, 1.82) is 0 Å². The number of hydrogen-bond acceptors (Lipinski definition) is 5. The molecule has 1 aliphatic heterocycles. The molecule has 1 aliphatic rings. The molecule has 0 spiro atoms. The van der Waals surface area contributed by atoms with Crippen LogP contribution >= 0.6 is 11.8 Å². The van der Waals surface area contributed by atoms with Gasteiger partial charge in [0.15, 0.2) is 5.82 Å². The lowest BCUT2D eigenvalue weighted by atomic mass is 9.81. The molecule has 1 aromatic heterocycles. The van der Waals surface area contributed by atoms with E-state index in [1.165, 1.54) is 23.9 Å². The summed E-state index contributed by atoms with van der Waals surface area (Å²) in [6.45, 7) is 4.13. The first kappa shape index (κ1) is 14.5. The molecule has 1 aromatic carbocycles. The van der Waals surface area contributed by atoms with Gasteiger partial charge in [0.1, 0.15) is 5.82 Å². The second-order valence-corrected chi connectivity index (χ2v) is 6.62. The van der Waals surface area contributed by atoms with Crippen LogP contribution in [0.15, 0.2) is 33.7 Å². The van der Waals surface area contributed by atoms with Crippen molar-refractivity contribution < 1.29 is 8.91 Å². The van der Waals surface area contributed by atoms with Crippen LogP contribution in [0.25, 0.3) is 0 Å². The van der Waals surface area contributed by atoms with E-state index in [1.807, 2.05) is 6.07 Å². The Morgan fingerprint density at radius 1 is 1.38 bits per heavy atom. The summed E-state index contributed by atoms with van der Waals surface area (Å²) in [5, 5.41) is 7.39. The topological polar surface area (TPSA) is 51.0 Å². The SMILES string of the molecule is CC1(c2nc(CSc3cccc(F)c3)no2)CCNCC1. The van der Waals surface area contributed by atoms with Crippen LogP contribution < -0.4 is 5.32 Å². The minimum absolute atomic E-state index is 0.0278. The molecule has 0 atom stereocenters. The molecule has 0 saturated carbocycles. The zero-order chi connectivity index (χ0) is 14.7. The summed E-state index contributed by atoms with van der Waals surface area (Å²) >= 11 is 1.51. The lowest BCUT2D eigenvalue weighted by molar-refractivity contribution is 0.240. The minimum Gasteiger partial charge on any atom is -0.339 e. The number of hydrogen-bond donors (Lipinski definition) is 1.